The predicted molar refractivity (Wildman–Crippen MR) is 95.6 cm³/mol. The molecule has 3 rings (SSSR count). The van der Waals surface area contributed by atoms with Crippen molar-refractivity contribution in [2.45, 2.75) is 10.3 Å². The Morgan fingerprint density at radius 2 is 2.23 bits per heavy atom. The minimum absolute atomic E-state index is 0.0183. The zero-order valence-electron chi connectivity index (χ0n) is 13.3. The normalized spacial score (nSPS) is 16.5. The molecule has 1 aliphatic rings. The predicted octanol–water partition coefficient (Wildman–Crippen LogP) is 1.76. The second-order valence-electron chi connectivity index (χ2n) is 5.41. The molecule has 0 unspecified atom stereocenters. The van der Waals surface area contributed by atoms with Crippen molar-refractivity contribution < 1.29 is 22.6 Å². The van der Waals surface area contributed by atoms with E-state index in [9.17, 15) is 18.0 Å². The molecule has 2 heterocycles. The maximum atomic E-state index is 13.3. The van der Waals surface area contributed by atoms with E-state index >= 15 is 0 Å². The first-order valence-electron chi connectivity index (χ1n) is 7.16. The van der Waals surface area contributed by atoms with Gasteiger partial charge in [-0.25, -0.2) is 22.4 Å². The Kier molecular flexibility index (Phi) is 5.62. The van der Waals surface area contributed by atoms with Crippen LogP contribution >= 0.6 is 27.7 Å². The summed E-state index contributed by atoms with van der Waals surface area (Å²) in [4.78, 5) is 4.16. The van der Waals surface area contributed by atoms with Crippen LogP contribution in [-0.4, -0.2) is 58.7 Å². The molecule has 13 heteroatoms. The first kappa shape index (κ1) is 19.2. The lowest BCUT2D eigenvalue weighted by molar-refractivity contribution is 0.234. The first-order valence-corrected chi connectivity index (χ1v) is 10.7. The highest BCUT2D eigenvalue weighted by Crippen LogP contribution is 2.32. The van der Waals surface area contributed by atoms with Gasteiger partial charge in [-0.05, 0) is 44.4 Å². The highest BCUT2D eigenvalue weighted by Gasteiger charge is 2.35. The third-order valence-electron chi connectivity index (χ3n) is 3.49. The zero-order valence-corrected chi connectivity index (χ0v) is 16.5. The standard InChI is InChI=1S/C13H13BrFN5O4S2/c1-26(22,23)20-5-8(6-20)25-13-11(18-24-19-13)12(17-21)16-7-2-3-10(15)9(14)4-7/h2-4,8,21H,5-6H2,1H3,(H,16,17). The average Bonchev–Trinajstić information content (AvgIpc) is 2.98. The number of halogens is 2. The summed E-state index contributed by atoms with van der Waals surface area (Å²) in [5, 5.41) is 17.2. The number of hydrogen-bond acceptors (Lipinski definition) is 8. The Morgan fingerprint density at radius 1 is 1.50 bits per heavy atom. The molecule has 140 valence electrons. The minimum atomic E-state index is -3.21. The van der Waals surface area contributed by atoms with Crippen LogP contribution in [0.2, 0.25) is 0 Å². The molecular formula is C13H13BrFN5O4S2. The van der Waals surface area contributed by atoms with Gasteiger partial charge in [0.1, 0.15) is 5.82 Å². The van der Waals surface area contributed by atoms with Gasteiger partial charge in [0.25, 0.3) is 0 Å². The number of benzene rings is 1. The molecule has 2 aromatic rings. The Hall–Kier alpha value is -1.54. The second kappa shape index (κ2) is 7.60. The van der Waals surface area contributed by atoms with Crippen molar-refractivity contribution in [3.05, 3.63) is 34.2 Å². The summed E-state index contributed by atoms with van der Waals surface area (Å²) in [5.41, 5.74) is 2.45. The number of amidine groups is 1. The molecule has 0 atom stereocenters. The van der Waals surface area contributed by atoms with Gasteiger partial charge in [0.15, 0.2) is 16.6 Å². The van der Waals surface area contributed by atoms with E-state index in [1.807, 2.05) is 5.48 Å². The van der Waals surface area contributed by atoms with E-state index in [4.69, 9.17) is 4.63 Å². The van der Waals surface area contributed by atoms with Crippen molar-refractivity contribution in [1.82, 2.24) is 20.1 Å². The lowest BCUT2D eigenvalue weighted by atomic mass is 10.3. The summed E-state index contributed by atoms with van der Waals surface area (Å²) in [6, 6.07) is 4.08. The number of nitrogens with zero attached hydrogens (tertiary/aromatic N) is 4. The van der Waals surface area contributed by atoms with Crippen LogP contribution in [0, 0.1) is 5.82 Å². The molecule has 0 bridgehead atoms. The van der Waals surface area contributed by atoms with Crippen LogP contribution in [0.1, 0.15) is 5.69 Å². The van der Waals surface area contributed by atoms with Crippen molar-refractivity contribution in [2.75, 3.05) is 19.3 Å². The van der Waals surface area contributed by atoms with E-state index in [0.717, 1.165) is 6.26 Å². The molecule has 0 amide bonds. The van der Waals surface area contributed by atoms with Crippen molar-refractivity contribution >= 4 is 49.2 Å². The van der Waals surface area contributed by atoms with E-state index in [1.165, 1.54) is 34.3 Å². The summed E-state index contributed by atoms with van der Waals surface area (Å²) < 4.78 is 42.4. The molecule has 9 nitrogen and oxygen atoms in total. The van der Waals surface area contributed by atoms with E-state index in [0.29, 0.717) is 23.8 Å². The van der Waals surface area contributed by atoms with Gasteiger partial charge in [0.2, 0.25) is 10.0 Å². The number of aliphatic imine (C=N–C) groups is 1. The summed E-state index contributed by atoms with van der Waals surface area (Å²) in [6.45, 7) is 0.694. The molecule has 0 aliphatic carbocycles. The molecule has 0 saturated carbocycles. The van der Waals surface area contributed by atoms with Gasteiger partial charge >= 0.3 is 0 Å². The highest BCUT2D eigenvalue weighted by atomic mass is 79.9. The smallest absolute Gasteiger partial charge is 0.211 e. The lowest BCUT2D eigenvalue weighted by Gasteiger charge is -2.36. The van der Waals surface area contributed by atoms with Gasteiger partial charge in [0.05, 0.1) is 16.4 Å². The molecule has 0 radical (unpaired) electrons. The third kappa shape index (κ3) is 4.23. The second-order valence-corrected chi connectivity index (χ2v) is 9.53. The van der Waals surface area contributed by atoms with Crippen LogP contribution in [0.15, 0.2) is 37.3 Å². The topological polar surface area (TPSA) is 121 Å². The largest absolute Gasteiger partial charge is 0.290 e. The van der Waals surface area contributed by atoms with Crippen molar-refractivity contribution in [2.24, 2.45) is 4.99 Å². The lowest BCUT2D eigenvalue weighted by Crippen LogP contribution is -2.51. The molecule has 1 fully saturated rings. The monoisotopic (exact) mass is 465 g/mol. The quantitative estimate of drug-likeness (QED) is 0.389. The fourth-order valence-electron chi connectivity index (χ4n) is 2.12. The van der Waals surface area contributed by atoms with Gasteiger partial charge in [-0.15, -0.1) is 0 Å². The van der Waals surface area contributed by atoms with Gasteiger partial charge < -0.3 is 0 Å². The molecule has 0 spiro atoms. The fourth-order valence-corrected chi connectivity index (χ4v) is 4.72. The molecule has 1 saturated heterocycles. The number of hydroxylamine groups is 1. The van der Waals surface area contributed by atoms with Crippen LogP contribution in [0.25, 0.3) is 0 Å². The number of hydrogen-bond donors (Lipinski definition) is 2. The van der Waals surface area contributed by atoms with Crippen LogP contribution in [0.4, 0.5) is 10.1 Å². The Morgan fingerprint density at radius 3 is 2.85 bits per heavy atom. The first-order chi connectivity index (χ1) is 12.3. The van der Waals surface area contributed by atoms with E-state index < -0.39 is 15.8 Å². The summed E-state index contributed by atoms with van der Waals surface area (Å²) in [5.74, 6) is -0.478. The Labute approximate surface area is 160 Å². The van der Waals surface area contributed by atoms with Gasteiger partial charge in [0, 0.05) is 18.3 Å². The third-order valence-corrected chi connectivity index (χ3v) is 6.46. The van der Waals surface area contributed by atoms with Crippen LogP contribution in [0.5, 0.6) is 0 Å². The number of sulfonamides is 1. The van der Waals surface area contributed by atoms with E-state index in [-0.39, 0.29) is 21.3 Å². The average molecular weight is 466 g/mol. The molecule has 1 aromatic carbocycles. The molecule has 1 aliphatic heterocycles. The van der Waals surface area contributed by atoms with E-state index in [1.54, 1.807) is 0 Å². The number of nitrogens with one attached hydrogen (secondary N) is 1. The highest BCUT2D eigenvalue weighted by molar-refractivity contribution is 9.10. The maximum absolute atomic E-state index is 13.3. The number of rotatable bonds is 5. The van der Waals surface area contributed by atoms with Crippen molar-refractivity contribution in [3.8, 4) is 0 Å². The molecule has 2 N–H and O–H groups in total. The van der Waals surface area contributed by atoms with Crippen molar-refractivity contribution in [3.63, 3.8) is 0 Å². The summed E-state index contributed by atoms with van der Waals surface area (Å²) in [7, 11) is -3.21. The van der Waals surface area contributed by atoms with Gasteiger partial charge in [-0.1, -0.05) is 11.8 Å². The zero-order chi connectivity index (χ0) is 18.9. The summed E-state index contributed by atoms with van der Waals surface area (Å²) in [6.07, 6.45) is 1.15. The molecular weight excluding hydrogens is 453 g/mol. The van der Waals surface area contributed by atoms with Crippen LogP contribution < -0.4 is 5.48 Å². The number of aromatic nitrogens is 2. The maximum Gasteiger partial charge on any atom is 0.211 e. The van der Waals surface area contributed by atoms with Crippen LogP contribution in [-0.2, 0) is 10.0 Å². The minimum Gasteiger partial charge on any atom is -0.290 e. The Bertz CT molecular complexity index is 946. The Balaban J connectivity index is 1.78. The SMILES string of the molecule is CS(=O)(=O)N1CC(Sc2nonc2C(=Nc2ccc(F)c(Br)c2)NO)C1. The van der Waals surface area contributed by atoms with Gasteiger partial charge in [-0.2, -0.15) is 4.31 Å². The number of thioether (sulfide) groups is 1. The summed E-state index contributed by atoms with van der Waals surface area (Å²) >= 11 is 4.33. The van der Waals surface area contributed by atoms with Crippen molar-refractivity contribution in [1.29, 1.82) is 0 Å². The molecule has 26 heavy (non-hydrogen) atoms. The fraction of sp³-hybridized carbons (Fsp3) is 0.308. The molecule has 1 aromatic heterocycles. The van der Waals surface area contributed by atoms with Crippen LogP contribution in [0.3, 0.4) is 0 Å². The van der Waals surface area contributed by atoms with Gasteiger partial charge in [-0.3, -0.25) is 10.7 Å². The van der Waals surface area contributed by atoms with E-state index in [2.05, 4.69) is 31.2 Å².